The Hall–Kier alpha value is 1.29. The predicted molar refractivity (Wildman–Crippen MR) is 90.1 cm³/mol. The molecule has 2 saturated carbocycles. The third-order valence-corrected chi connectivity index (χ3v) is 6.32. The van der Waals surface area contributed by atoms with Crippen LogP contribution in [-0.2, 0) is 71.8 Å². The third kappa shape index (κ3) is 7.67. The molecule has 0 unspecified atom stereocenters. The standard InChI is InChI=1S/C21H29F2.2Y/c1-15-2-8-18(9-3-15)19-10-6-16(7-11-19)4-5-17-12-20(22)14-21(23)13-17;;/h12-13,15-16,18-19H,2-11H2,1H3;;/q-1;;. The molecular formula is C21H29F2Y2-. The number of hydrogen-bond acceptors (Lipinski definition) is 0. The summed E-state index contributed by atoms with van der Waals surface area (Å²) in [5, 5.41) is 0. The van der Waals surface area contributed by atoms with Crippen LogP contribution in [0.4, 0.5) is 8.78 Å². The summed E-state index contributed by atoms with van der Waals surface area (Å²) >= 11 is 0. The number of hydrogen-bond donors (Lipinski definition) is 0. The van der Waals surface area contributed by atoms with E-state index < -0.39 is 11.6 Å². The Bertz CT molecular complexity index is 484. The van der Waals surface area contributed by atoms with E-state index in [-0.39, 0.29) is 65.4 Å². The molecule has 2 fully saturated rings. The second-order valence-electron chi connectivity index (χ2n) is 8.02. The van der Waals surface area contributed by atoms with Crippen LogP contribution < -0.4 is 0 Å². The molecular weight excluding hydrogens is 468 g/mol. The van der Waals surface area contributed by atoms with Gasteiger partial charge in [0.25, 0.3) is 0 Å². The number of rotatable bonds is 4. The first-order valence-corrected chi connectivity index (χ1v) is 9.47. The van der Waals surface area contributed by atoms with Crippen molar-refractivity contribution in [2.24, 2.45) is 23.7 Å². The second kappa shape index (κ2) is 12.0. The van der Waals surface area contributed by atoms with Gasteiger partial charge >= 0.3 is 0 Å². The van der Waals surface area contributed by atoms with Crippen molar-refractivity contribution in [3.63, 3.8) is 0 Å². The monoisotopic (exact) mass is 497 g/mol. The maximum absolute atomic E-state index is 13.2. The van der Waals surface area contributed by atoms with Gasteiger partial charge in [-0.2, -0.15) is 5.56 Å². The zero-order valence-corrected chi connectivity index (χ0v) is 21.1. The Balaban J connectivity index is 0.00000156. The van der Waals surface area contributed by atoms with Crippen molar-refractivity contribution < 1.29 is 74.2 Å². The minimum absolute atomic E-state index is 0. The summed E-state index contributed by atoms with van der Waals surface area (Å²) in [6.45, 7) is 2.39. The quantitative estimate of drug-likeness (QED) is 0.427. The first-order chi connectivity index (χ1) is 11.1. The molecule has 0 saturated heterocycles. The smallest absolute Gasteiger partial charge is 0.0139 e. The zero-order valence-electron chi connectivity index (χ0n) is 15.4. The third-order valence-electron chi connectivity index (χ3n) is 6.32. The van der Waals surface area contributed by atoms with Gasteiger partial charge in [-0.3, -0.25) is 0 Å². The van der Waals surface area contributed by atoms with Gasteiger partial charge in [0.05, 0.1) is 0 Å². The van der Waals surface area contributed by atoms with Gasteiger partial charge in [-0.1, -0.05) is 39.0 Å². The first kappa shape index (κ1) is 24.3. The average Bonchev–Trinajstić information content (AvgIpc) is 2.53. The van der Waals surface area contributed by atoms with Crippen LogP contribution in [0.25, 0.3) is 0 Å². The molecule has 0 spiro atoms. The van der Waals surface area contributed by atoms with Gasteiger partial charge in [0, 0.05) is 77.1 Å². The summed E-state index contributed by atoms with van der Waals surface area (Å²) in [5.74, 6) is 2.45. The van der Waals surface area contributed by atoms with Gasteiger partial charge in [0.1, 0.15) is 0 Å². The van der Waals surface area contributed by atoms with Crippen molar-refractivity contribution in [3.8, 4) is 0 Å². The van der Waals surface area contributed by atoms with E-state index >= 15 is 0 Å². The van der Waals surface area contributed by atoms with Crippen molar-refractivity contribution in [1.29, 1.82) is 0 Å². The summed E-state index contributed by atoms with van der Waals surface area (Å²) in [5.41, 5.74) is 0.780. The Labute approximate surface area is 202 Å². The largest absolute Gasteiger partial charge is 0.236 e. The van der Waals surface area contributed by atoms with Gasteiger partial charge < -0.3 is 0 Å². The van der Waals surface area contributed by atoms with Gasteiger partial charge in [-0.05, 0) is 55.8 Å². The maximum atomic E-state index is 13.2. The molecule has 3 rings (SSSR count). The summed E-state index contributed by atoms with van der Waals surface area (Å²) in [7, 11) is 0. The van der Waals surface area contributed by atoms with Crippen LogP contribution in [0.15, 0.2) is 12.1 Å². The molecule has 0 heterocycles. The van der Waals surface area contributed by atoms with E-state index in [4.69, 9.17) is 0 Å². The van der Waals surface area contributed by atoms with E-state index in [1.54, 1.807) is 0 Å². The van der Waals surface area contributed by atoms with Crippen molar-refractivity contribution >= 4 is 0 Å². The van der Waals surface area contributed by atoms with Crippen LogP contribution in [-0.4, -0.2) is 0 Å². The fourth-order valence-corrected chi connectivity index (χ4v) is 4.77. The fraction of sp³-hybridized carbons (Fsp3) is 0.714. The Morgan fingerprint density at radius 2 is 1.32 bits per heavy atom. The van der Waals surface area contributed by atoms with Crippen molar-refractivity contribution in [3.05, 3.63) is 35.4 Å². The van der Waals surface area contributed by atoms with Crippen LogP contribution in [0, 0.1) is 41.4 Å². The zero-order chi connectivity index (χ0) is 16.2. The van der Waals surface area contributed by atoms with E-state index in [9.17, 15) is 8.78 Å². The van der Waals surface area contributed by atoms with Gasteiger partial charge in [0.15, 0.2) is 0 Å². The predicted octanol–water partition coefficient (Wildman–Crippen LogP) is 6.33. The molecule has 1 aromatic carbocycles. The maximum Gasteiger partial charge on any atom is 0.0139 e. The molecule has 0 amide bonds. The average molecular weight is 497 g/mol. The SMILES string of the molecule is CC1CCC(C2CCC(CCc3cc(F)[c-]c(F)c3)CC2)CC1.[Y].[Y]. The molecule has 2 aliphatic carbocycles. The molecule has 2 aliphatic rings. The molecule has 1 aromatic rings. The molecule has 0 nitrogen and oxygen atoms in total. The molecule has 4 heteroatoms. The molecule has 134 valence electrons. The molecule has 0 N–H and O–H groups in total. The summed E-state index contributed by atoms with van der Waals surface area (Å²) in [6.07, 6.45) is 12.9. The van der Waals surface area contributed by atoms with E-state index in [0.717, 1.165) is 42.1 Å². The Morgan fingerprint density at radius 3 is 1.84 bits per heavy atom. The Morgan fingerprint density at radius 1 is 0.840 bits per heavy atom. The van der Waals surface area contributed by atoms with E-state index in [1.807, 2.05) is 0 Å². The number of aryl methyl sites for hydroxylation is 1. The van der Waals surface area contributed by atoms with E-state index in [1.165, 1.54) is 63.5 Å². The van der Waals surface area contributed by atoms with Crippen molar-refractivity contribution in [2.45, 2.75) is 71.1 Å². The van der Waals surface area contributed by atoms with Crippen molar-refractivity contribution in [2.75, 3.05) is 0 Å². The number of benzene rings is 1. The van der Waals surface area contributed by atoms with Crippen LogP contribution in [0.5, 0.6) is 0 Å². The van der Waals surface area contributed by atoms with Crippen LogP contribution >= 0.6 is 0 Å². The van der Waals surface area contributed by atoms with Gasteiger partial charge in [0.2, 0.25) is 0 Å². The topological polar surface area (TPSA) is 0 Å². The fourth-order valence-electron chi connectivity index (χ4n) is 4.77. The van der Waals surface area contributed by atoms with Crippen molar-refractivity contribution in [1.82, 2.24) is 0 Å². The molecule has 0 bridgehead atoms. The molecule has 25 heavy (non-hydrogen) atoms. The van der Waals surface area contributed by atoms with E-state index in [2.05, 4.69) is 13.0 Å². The normalized spacial score (nSPS) is 29.4. The molecule has 0 atom stereocenters. The molecule has 0 aliphatic heterocycles. The second-order valence-corrected chi connectivity index (χ2v) is 8.02. The Kier molecular flexibility index (Phi) is 11.7. The van der Waals surface area contributed by atoms with E-state index in [0.29, 0.717) is 0 Å². The summed E-state index contributed by atoms with van der Waals surface area (Å²) < 4.78 is 26.4. The minimum atomic E-state index is -0.574. The van der Waals surface area contributed by atoms with Crippen LogP contribution in [0.3, 0.4) is 0 Å². The first-order valence-electron chi connectivity index (χ1n) is 9.47. The van der Waals surface area contributed by atoms with Crippen LogP contribution in [0.1, 0.15) is 70.3 Å². The minimum Gasteiger partial charge on any atom is -0.236 e. The van der Waals surface area contributed by atoms with Crippen LogP contribution in [0.2, 0.25) is 0 Å². The molecule has 2 radical (unpaired) electrons. The van der Waals surface area contributed by atoms with Gasteiger partial charge in [-0.15, -0.1) is 18.2 Å². The van der Waals surface area contributed by atoms with Gasteiger partial charge in [-0.25, -0.2) is 8.78 Å². The molecule has 0 aromatic heterocycles. The summed E-state index contributed by atoms with van der Waals surface area (Å²) in [4.78, 5) is 0. The number of halogens is 2. The summed E-state index contributed by atoms with van der Waals surface area (Å²) in [6, 6.07) is 4.92.